The summed E-state index contributed by atoms with van der Waals surface area (Å²) in [4.78, 5) is 0. The number of halogens is 1. The molecule has 24 heavy (non-hydrogen) atoms. The van der Waals surface area contributed by atoms with Gasteiger partial charge in [0.15, 0.2) is 0 Å². The molecule has 1 aliphatic heterocycles. The fraction of sp³-hybridized carbons (Fsp3) is 0.333. The maximum atomic E-state index is 3.68. The van der Waals surface area contributed by atoms with Crippen molar-refractivity contribution in [3.05, 3.63) is 71.4 Å². The number of fused-ring (bicyclic) bond motifs is 3. The first kappa shape index (κ1) is 17.1. The summed E-state index contributed by atoms with van der Waals surface area (Å²) in [7, 11) is 0. The summed E-state index contributed by atoms with van der Waals surface area (Å²) >= 11 is 0. The highest BCUT2D eigenvalue weighted by molar-refractivity contribution is 5.87. The highest BCUT2D eigenvalue weighted by atomic mass is 35.5. The van der Waals surface area contributed by atoms with E-state index in [4.69, 9.17) is 0 Å². The smallest absolute Gasteiger partial charge is 0.0486 e. The summed E-state index contributed by atoms with van der Waals surface area (Å²) in [5.41, 5.74) is 5.85. The van der Waals surface area contributed by atoms with E-state index in [-0.39, 0.29) is 17.9 Å². The molecule has 2 aromatic carbocycles. The zero-order chi connectivity index (χ0) is 15.9. The van der Waals surface area contributed by atoms with E-state index < -0.39 is 0 Å². The van der Waals surface area contributed by atoms with Crippen LogP contribution >= 0.6 is 12.4 Å². The zero-order valence-corrected chi connectivity index (χ0v) is 15.2. The van der Waals surface area contributed by atoms with Gasteiger partial charge in [-0.1, -0.05) is 48.5 Å². The second-order valence-electron chi connectivity index (χ2n) is 7.03. The quantitative estimate of drug-likeness (QED) is 0.732. The lowest BCUT2D eigenvalue weighted by molar-refractivity contribution is 0.378. The number of hydrogen-bond acceptors (Lipinski definition) is 1. The summed E-state index contributed by atoms with van der Waals surface area (Å²) < 4.78 is 2.56. The minimum atomic E-state index is 0. The van der Waals surface area contributed by atoms with Gasteiger partial charge < -0.3 is 9.88 Å². The molecule has 0 spiro atoms. The fourth-order valence-electron chi connectivity index (χ4n) is 4.04. The SMILES string of the molecule is CC1(C)NCCc2c1c1ccccc1n2CCc1ccccc1.Cl. The molecule has 0 aliphatic carbocycles. The monoisotopic (exact) mass is 340 g/mol. The first-order chi connectivity index (χ1) is 11.2. The van der Waals surface area contributed by atoms with E-state index >= 15 is 0 Å². The molecule has 3 aromatic rings. The van der Waals surface area contributed by atoms with Crippen LogP contribution < -0.4 is 5.32 Å². The van der Waals surface area contributed by atoms with Crippen LogP contribution in [0.2, 0.25) is 0 Å². The molecule has 2 nitrogen and oxygen atoms in total. The summed E-state index contributed by atoms with van der Waals surface area (Å²) in [6.07, 6.45) is 2.20. The molecule has 0 radical (unpaired) electrons. The van der Waals surface area contributed by atoms with Crippen LogP contribution in [0, 0.1) is 0 Å². The molecular formula is C21H25ClN2. The topological polar surface area (TPSA) is 17.0 Å². The largest absolute Gasteiger partial charge is 0.344 e. The number of rotatable bonds is 3. The van der Waals surface area contributed by atoms with Gasteiger partial charge in [0, 0.05) is 47.2 Å². The van der Waals surface area contributed by atoms with Gasteiger partial charge in [-0.05, 0) is 31.9 Å². The Morgan fingerprint density at radius 2 is 1.71 bits per heavy atom. The van der Waals surface area contributed by atoms with E-state index in [1.54, 1.807) is 0 Å². The fourth-order valence-corrected chi connectivity index (χ4v) is 4.04. The number of nitrogens with zero attached hydrogens (tertiary/aromatic N) is 1. The lowest BCUT2D eigenvalue weighted by Gasteiger charge is -2.33. The molecule has 0 unspecified atom stereocenters. The van der Waals surface area contributed by atoms with Crippen molar-refractivity contribution in [3.8, 4) is 0 Å². The van der Waals surface area contributed by atoms with Crippen LogP contribution in [0.4, 0.5) is 0 Å². The summed E-state index contributed by atoms with van der Waals surface area (Å²) in [6, 6.07) is 19.7. The molecular weight excluding hydrogens is 316 g/mol. The molecule has 0 saturated heterocycles. The third-order valence-electron chi connectivity index (χ3n) is 5.10. The Morgan fingerprint density at radius 1 is 1.00 bits per heavy atom. The van der Waals surface area contributed by atoms with Crippen molar-refractivity contribution < 1.29 is 0 Å². The minimum absolute atomic E-state index is 0. The van der Waals surface area contributed by atoms with Crippen LogP contribution in [0.5, 0.6) is 0 Å². The Labute approximate surface area is 150 Å². The van der Waals surface area contributed by atoms with Crippen molar-refractivity contribution in [3.63, 3.8) is 0 Å². The number of hydrogen-bond donors (Lipinski definition) is 1. The Morgan fingerprint density at radius 3 is 2.50 bits per heavy atom. The number of aryl methyl sites for hydroxylation is 2. The first-order valence-electron chi connectivity index (χ1n) is 8.56. The number of benzene rings is 2. The van der Waals surface area contributed by atoms with Crippen LogP contribution in [0.25, 0.3) is 10.9 Å². The van der Waals surface area contributed by atoms with Gasteiger partial charge in [-0.3, -0.25) is 0 Å². The van der Waals surface area contributed by atoms with Crippen LogP contribution in [0.15, 0.2) is 54.6 Å². The first-order valence-corrected chi connectivity index (χ1v) is 8.56. The van der Waals surface area contributed by atoms with Crippen molar-refractivity contribution >= 4 is 23.3 Å². The van der Waals surface area contributed by atoms with E-state index in [1.807, 2.05) is 0 Å². The average Bonchev–Trinajstić information content (AvgIpc) is 2.89. The van der Waals surface area contributed by atoms with Crippen LogP contribution in [-0.4, -0.2) is 11.1 Å². The molecule has 0 fully saturated rings. The summed E-state index contributed by atoms with van der Waals surface area (Å²) in [5, 5.41) is 5.09. The third-order valence-corrected chi connectivity index (χ3v) is 5.10. The van der Waals surface area contributed by atoms with Crippen LogP contribution in [0.3, 0.4) is 0 Å². The van der Waals surface area contributed by atoms with Crippen LogP contribution in [0.1, 0.15) is 30.7 Å². The Hall–Kier alpha value is -1.77. The number of para-hydroxylation sites is 1. The second-order valence-corrected chi connectivity index (χ2v) is 7.03. The molecule has 0 atom stereocenters. The maximum absolute atomic E-state index is 3.68. The molecule has 1 N–H and O–H groups in total. The molecule has 126 valence electrons. The standard InChI is InChI=1S/C21H24N2.ClH/c1-21(2)20-17-10-6-7-11-18(17)23(19(20)12-14-22-21)15-13-16-8-4-3-5-9-16;/h3-11,22H,12-15H2,1-2H3;1H. The van der Waals surface area contributed by atoms with Gasteiger partial charge in [0.2, 0.25) is 0 Å². The van der Waals surface area contributed by atoms with Gasteiger partial charge >= 0.3 is 0 Å². The lowest BCUT2D eigenvalue weighted by Crippen LogP contribution is -2.42. The Balaban J connectivity index is 0.00000169. The number of aromatic nitrogens is 1. The van der Waals surface area contributed by atoms with Gasteiger partial charge in [0.25, 0.3) is 0 Å². The molecule has 3 heteroatoms. The van der Waals surface area contributed by atoms with E-state index in [0.717, 1.165) is 25.9 Å². The van der Waals surface area contributed by atoms with Crippen molar-refractivity contribution in [2.45, 2.75) is 38.8 Å². The van der Waals surface area contributed by atoms with Gasteiger partial charge in [-0.25, -0.2) is 0 Å². The molecule has 1 aromatic heterocycles. The Bertz CT molecular complexity index is 834. The predicted octanol–water partition coefficient (Wildman–Crippen LogP) is 4.69. The highest BCUT2D eigenvalue weighted by Gasteiger charge is 2.32. The second kappa shape index (κ2) is 6.62. The average molecular weight is 341 g/mol. The molecule has 0 saturated carbocycles. The molecule has 0 amide bonds. The predicted molar refractivity (Wildman–Crippen MR) is 104 cm³/mol. The third kappa shape index (κ3) is 2.85. The van der Waals surface area contributed by atoms with Crippen molar-refractivity contribution in [2.75, 3.05) is 6.54 Å². The van der Waals surface area contributed by atoms with Gasteiger partial charge in [0.05, 0.1) is 0 Å². The Kier molecular flexibility index (Phi) is 4.71. The van der Waals surface area contributed by atoms with Gasteiger partial charge in [-0.15, -0.1) is 12.4 Å². The zero-order valence-electron chi connectivity index (χ0n) is 14.4. The summed E-state index contributed by atoms with van der Waals surface area (Å²) in [5.74, 6) is 0. The maximum Gasteiger partial charge on any atom is 0.0486 e. The molecule has 1 aliphatic rings. The van der Waals surface area contributed by atoms with Gasteiger partial charge in [0.1, 0.15) is 0 Å². The van der Waals surface area contributed by atoms with E-state index in [2.05, 4.69) is 78.3 Å². The van der Waals surface area contributed by atoms with Crippen molar-refractivity contribution in [1.29, 1.82) is 0 Å². The van der Waals surface area contributed by atoms with Crippen molar-refractivity contribution in [2.24, 2.45) is 0 Å². The van der Waals surface area contributed by atoms with E-state index in [1.165, 1.54) is 27.7 Å². The lowest BCUT2D eigenvalue weighted by atomic mass is 9.87. The van der Waals surface area contributed by atoms with Crippen molar-refractivity contribution in [1.82, 2.24) is 9.88 Å². The molecule has 2 heterocycles. The normalized spacial score (nSPS) is 15.8. The van der Waals surface area contributed by atoms with E-state index in [9.17, 15) is 0 Å². The highest BCUT2D eigenvalue weighted by Crippen LogP contribution is 2.37. The minimum Gasteiger partial charge on any atom is -0.344 e. The van der Waals surface area contributed by atoms with Gasteiger partial charge in [-0.2, -0.15) is 0 Å². The molecule has 4 rings (SSSR count). The van der Waals surface area contributed by atoms with Crippen LogP contribution in [-0.2, 0) is 24.9 Å². The molecule has 0 bridgehead atoms. The van der Waals surface area contributed by atoms with E-state index in [0.29, 0.717) is 0 Å². The summed E-state index contributed by atoms with van der Waals surface area (Å²) in [6.45, 7) is 6.72. The number of nitrogens with one attached hydrogen (secondary N) is 1.